The molecular formula is C13H16N6O7. The lowest BCUT2D eigenvalue weighted by molar-refractivity contribution is -0.170. The number of aliphatic hydroxyl groups is 1. The van der Waals surface area contributed by atoms with E-state index in [-0.39, 0.29) is 5.82 Å². The zero-order valence-corrected chi connectivity index (χ0v) is 13.8. The molecule has 4 atom stereocenters. The van der Waals surface area contributed by atoms with Gasteiger partial charge in [0.25, 0.3) is 0 Å². The summed E-state index contributed by atoms with van der Waals surface area (Å²) in [5.74, 6) is -1.66. The fraction of sp³-hybridized carbons (Fsp3) is 0.538. The number of carbonyl (C=O) groups excluding carboxylic acids is 2. The van der Waals surface area contributed by atoms with Gasteiger partial charge in [0, 0.05) is 25.0 Å². The largest absolute Gasteiger partial charge is 0.455 e. The van der Waals surface area contributed by atoms with Gasteiger partial charge in [-0.25, -0.2) is 4.79 Å². The highest BCUT2D eigenvalue weighted by Gasteiger charge is 2.60. The van der Waals surface area contributed by atoms with Crippen LogP contribution in [0.15, 0.2) is 22.2 Å². The van der Waals surface area contributed by atoms with Crippen LogP contribution in [0.1, 0.15) is 20.1 Å². The molecule has 0 saturated carbocycles. The van der Waals surface area contributed by atoms with Gasteiger partial charge in [0.1, 0.15) is 5.82 Å². The predicted octanol–water partition coefficient (Wildman–Crippen LogP) is -0.783. The summed E-state index contributed by atoms with van der Waals surface area (Å²) in [6, 6.07) is 1.28. The molecule has 0 bridgehead atoms. The van der Waals surface area contributed by atoms with Gasteiger partial charge in [-0.3, -0.25) is 14.2 Å². The summed E-state index contributed by atoms with van der Waals surface area (Å²) in [4.78, 5) is 41.2. The number of esters is 2. The SMILES string of the molecule is CC(=O)O[C@@H]1[C@H](n2ccc(N)nc2=O)O[C@@](CO)(N=[N+]=[N-])[C@H]1OC(C)=O. The first-order chi connectivity index (χ1) is 12.2. The second kappa shape index (κ2) is 7.39. The summed E-state index contributed by atoms with van der Waals surface area (Å²) in [7, 11) is 0. The fourth-order valence-electron chi connectivity index (χ4n) is 2.55. The summed E-state index contributed by atoms with van der Waals surface area (Å²) in [5, 5.41) is 13.1. The number of rotatable bonds is 5. The monoisotopic (exact) mass is 368 g/mol. The number of nitrogens with zero attached hydrogens (tertiary/aromatic N) is 5. The van der Waals surface area contributed by atoms with Crippen LogP contribution in [0.2, 0.25) is 0 Å². The maximum atomic E-state index is 12.1. The van der Waals surface area contributed by atoms with E-state index >= 15 is 0 Å². The smallest absolute Gasteiger partial charge is 0.351 e. The van der Waals surface area contributed by atoms with E-state index in [1.807, 2.05) is 0 Å². The Kier molecular flexibility index (Phi) is 5.45. The molecular weight excluding hydrogens is 352 g/mol. The molecule has 1 aromatic rings. The minimum absolute atomic E-state index is 0.0618. The highest BCUT2D eigenvalue weighted by Crippen LogP contribution is 2.41. The normalized spacial score (nSPS) is 27.4. The molecule has 0 spiro atoms. The van der Waals surface area contributed by atoms with E-state index in [0.29, 0.717) is 0 Å². The summed E-state index contributed by atoms with van der Waals surface area (Å²) >= 11 is 0. The molecule has 0 aliphatic carbocycles. The quantitative estimate of drug-likeness (QED) is 0.290. The predicted molar refractivity (Wildman–Crippen MR) is 83.1 cm³/mol. The molecule has 0 unspecified atom stereocenters. The Morgan fingerprint density at radius 1 is 1.50 bits per heavy atom. The highest BCUT2D eigenvalue weighted by molar-refractivity contribution is 5.67. The highest BCUT2D eigenvalue weighted by atomic mass is 16.7. The van der Waals surface area contributed by atoms with Crippen molar-refractivity contribution in [1.82, 2.24) is 9.55 Å². The molecule has 140 valence electrons. The van der Waals surface area contributed by atoms with Crippen LogP contribution in [0.3, 0.4) is 0 Å². The number of anilines is 1. The third kappa shape index (κ3) is 3.59. The number of hydrogen-bond donors (Lipinski definition) is 2. The molecule has 1 aromatic heterocycles. The lowest BCUT2D eigenvalue weighted by Gasteiger charge is -2.27. The standard InChI is InChI=1S/C13H16N6O7/c1-6(21)24-9-10(25-7(2)22)13(5-20,17-18-15)26-11(9)19-4-3-8(14)16-12(19)23/h3-4,9-11,20H,5H2,1-2H3,(H2,14,16,23)/t9-,10-,11+,13+/m0/s1. The van der Waals surface area contributed by atoms with Crippen molar-refractivity contribution in [2.75, 3.05) is 12.3 Å². The Balaban J connectivity index is 2.61. The van der Waals surface area contributed by atoms with Crippen LogP contribution in [0, 0.1) is 0 Å². The first-order valence-corrected chi connectivity index (χ1v) is 7.28. The van der Waals surface area contributed by atoms with Gasteiger partial charge in [0.2, 0.25) is 5.72 Å². The number of aliphatic hydroxyl groups excluding tert-OH is 1. The van der Waals surface area contributed by atoms with Crippen LogP contribution in [0.5, 0.6) is 0 Å². The van der Waals surface area contributed by atoms with Crippen molar-refractivity contribution in [3.05, 3.63) is 33.2 Å². The van der Waals surface area contributed by atoms with Crippen molar-refractivity contribution in [2.24, 2.45) is 5.11 Å². The zero-order chi connectivity index (χ0) is 19.5. The van der Waals surface area contributed by atoms with Gasteiger partial charge in [0.05, 0.1) is 6.61 Å². The van der Waals surface area contributed by atoms with Crippen molar-refractivity contribution in [3.8, 4) is 0 Å². The number of nitrogens with two attached hydrogens (primary N) is 1. The molecule has 13 nitrogen and oxygen atoms in total. The van der Waals surface area contributed by atoms with Crippen molar-refractivity contribution < 1.29 is 28.9 Å². The van der Waals surface area contributed by atoms with Crippen LogP contribution in [0.25, 0.3) is 10.4 Å². The fourth-order valence-corrected chi connectivity index (χ4v) is 2.55. The minimum Gasteiger partial charge on any atom is -0.455 e. The molecule has 0 radical (unpaired) electrons. The Morgan fingerprint density at radius 2 is 2.15 bits per heavy atom. The minimum atomic E-state index is -2.12. The average Bonchev–Trinajstić information content (AvgIpc) is 2.81. The molecule has 0 aromatic carbocycles. The molecule has 1 aliphatic rings. The maximum Gasteiger partial charge on any atom is 0.351 e. The number of aromatic nitrogens is 2. The van der Waals surface area contributed by atoms with Gasteiger partial charge in [-0.05, 0) is 11.6 Å². The van der Waals surface area contributed by atoms with Crippen LogP contribution < -0.4 is 11.4 Å². The van der Waals surface area contributed by atoms with E-state index in [2.05, 4.69) is 15.0 Å². The van der Waals surface area contributed by atoms with Gasteiger partial charge in [-0.2, -0.15) is 4.98 Å². The zero-order valence-electron chi connectivity index (χ0n) is 13.8. The number of nitrogen functional groups attached to an aromatic ring is 1. The molecule has 2 heterocycles. The molecule has 26 heavy (non-hydrogen) atoms. The Bertz CT molecular complexity index is 819. The van der Waals surface area contributed by atoms with Gasteiger partial charge >= 0.3 is 17.6 Å². The number of carbonyl (C=O) groups is 2. The lowest BCUT2D eigenvalue weighted by atomic mass is 10.1. The summed E-state index contributed by atoms with van der Waals surface area (Å²) in [6.07, 6.45) is -3.11. The van der Waals surface area contributed by atoms with E-state index in [1.165, 1.54) is 12.3 Å². The van der Waals surface area contributed by atoms with Crippen LogP contribution in [-0.4, -0.2) is 51.1 Å². The van der Waals surface area contributed by atoms with E-state index in [9.17, 15) is 19.5 Å². The van der Waals surface area contributed by atoms with Crippen molar-refractivity contribution in [1.29, 1.82) is 0 Å². The van der Waals surface area contributed by atoms with Gasteiger partial charge in [-0.1, -0.05) is 5.11 Å². The first kappa shape index (κ1) is 19.2. The molecule has 13 heteroatoms. The Hall–Kier alpha value is -3.15. The van der Waals surface area contributed by atoms with Gasteiger partial charge in [-0.15, -0.1) is 0 Å². The Labute approximate surface area is 145 Å². The third-order valence-corrected chi connectivity index (χ3v) is 3.51. The van der Waals surface area contributed by atoms with Crippen LogP contribution >= 0.6 is 0 Å². The van der Waals surface area contributed by atoms with Gasteiger partial charge < -0.3 is 25.1 Å². The summed E-state index contributed by atoms with van der Waals surface area (Å²) < 4.78 is 16.6. The third-order valence-electron chi connectivity index (χ3n) is 3.51. The molecule has 1 saturated heterocycles. The van der Waals surface area contributed by atoms with E-state index in [4.69, 9.17) is 25.5 Å². The number of azide groups is 1. The molecule has 1 fully saturated rings. The average molecular weight is 368 g/mol. The van der Waals surface area contributed by atoms with Crippen LogP contribution in [0.4, 0.5) is 5.82 Å². The summed E-state index contributed by atoms with van der Waals surface area (Å²) in [6.45, 7) is 1.23. The number of hydrogen-bond acceptors (Lipinski definition) is 10. The first-order valence-electron chi connectivity index (χ1n) is 7.28. The van der Waals surface area contributed by atoms with E-state index in [1.54, 1.807) is 0 Å². The van der Waals surface area contributed by atoms with Crippen molar-refractivity contribution in [3.63, 3.8) is 0 Å². The number of ether oxygens (including phenoxy) is 3. The van der Waals surface area contributed by atoms with Crippen LogP contribution in [-0.2, 0) is 23.8 Å². The second-order valence-corrected chi connectivity index (χ2v) is 5.35. The van der Waals surface area contributed by atoms with Gasteiger partial charge in [0.15, 0.2) is 18.4 Å². The second-order valence-electron chi connectivity index (χ2n) is 5.35. The summed E-state index contributed by atoms with van der Waals surface area (Å²) in [5.41, 5.74) is 11.3. The van der Waals surface area contributed by atoms with E-state index < -0.39 is 48.4 Å². The molecule has 1 aliphatic heterocycles. The topological polar surface area (TPSA) is 192 Å². The molecule has 2 rings (SSSR count). The van der Waals surface area contributed by atoms with E-state index in [0.717, 1.165) is 18.4 Å². The molecule has 3 N–H and O–H groups in total. The van der Waals surface area contributed by atoms with Crippen molar-refractivity contribution in [2.45, 2.75) is 38.0 Å². The maximum absolute atomic E-state index is 12.1. The molecule has 0 amide bonds. The lowest BCUT2D eigenvalue weighted by Crippen LogP contribution is -2.48. The Morgan fingerprint density at radius 3 is 2.65 bits per heavy atom. The van der Waals surface area contributed by atoms with Crippen molar-refractivity contribution >= 4 is 17.8 Å².